The first kappa shape index (κ1) is 13.5. The molecular weight excluding hydrogens is 220 g/mol. The molecule has 1 saturated heterocycles. The van der Waals surface area contributed by atoms with E-state index in [-0.39, 0.29) is 12.4 Å². The zero-order valence-corrected chi connectivity index (χ0v) is 10.7. The van der Waals surface area contributed by atoms with Crippen molar-refractivity contribution >= 4 is 12.4 Å². The van der Waals surface area contributed by atoms with Crippen molar-refractivity contribution in [1.29, 1.82) is 0 Å². The minimum Gasteiger partial charge on any atom is -0.326 e. The van der Waals surface area contributed by atoms with Crippen molar-refractivity contribution in [3.8, 4) is 0 Å². The Morgan fingerprint density at radius 1 is 1.38 bits per heavy atom. The van der Waals surface area contributed by atoms with Crippen LogP contribution in [0.5, 0.6) is 0 Å². The predicted molar refractivity (Wildman–Crippen MR) is 70.9 cm³/mol. The van der Waals surface area contributed by atoms with E-state index in [9.17, 15) is 0 Å². The maximum absolute atomic E-state index is 5.89. The van der Waals surface area contributed by atoms with Crippen molar-refractivity contribution in [2.45, 2.75) is 32.4 Å². The third kappa shape index (κ3) is 3.48. The van der Waals surface area contributed by atoms with Crippen LogP contribution in [0.25, 0.3) is 0 Å². The number of rotatable bonds is 3. The molecule has 1 aliphatic heterocycles. The van der Waals surface area contributed by atoms with Crippen molar-refractivity contribution in [3.05, 3.63) is 35.4 Å². The van der Waals surface area contributed by atoms with Gasteiger partial charge in [-0.15, -0.1) is 12.4 Å². The summed E-state index contributed by atoms with van der Waals surface area (Å²) < 4.78 is 0. The topological polar surface area (TPSA) is 29.3 Å². The van der Waals surface area contributed by atoms with E-state index in [1.165, 1.54) is 11.1 Å². The monoisotopic (exact) mass is 240 g/mol. The Labute approximate surface area is 104 Å². The number of hydrogen-bond acceptors (Lipinski definition) is 2. The summed E-state index contributed by atoms with van der Waals surface area (Å²) in [6.07, 6.45) is 2.26. The quantitative estimate of drug-likeness (QED) is 0.878. The zero-order chi connectivity index (χ0) is 10.7. The van der Waals surface area contributed by atoms with Crippen molar-refractivity contribution in [2.24, 2.45) is 5.73 Å². The van der Waals surface area contributed by atoms with Crippen LogP contribution in [0.1, 0.15) is 24.5 Å². The number of aryl methyl sites for hydroxylation is 1. The smallest absolute Gasteiger partial charge is 0.0234 e. The molecule has 0 aliphatic carbocycles. The molecule has 1 heterocycles. The average molecular weight is 241 g/mol. The Balaban J connectivity index is 0.00000128. The number of hydrogen-bond donors (Lipinski definition) is 1. The standard InChI is InChI=1S/C13H20N2.ClH/c1-2-11-4-3-5-12(8-11)9-15-7-6-13(14)10-15;/h3-5,8,13H,2,6-7,9-10,14H2,1H3;1H. The van der Waals surface area contributed by atoms with Gasteiger partial charge in [0.15, 0.2) is 0 Å². The Hall–Kier alpha value is -0.570. The molecule has 1 aliphatic rings. The summed E-state index contributed by atoms with van der Waals surface area (Å²) in [5.41, 5.74) is 8.74. The molecular formula is C13H21ClN2. The lowest BCUT2D eigenvalue weighted by atomic mass is 10.1. The zero-order valence-electron chi connectivity index (χ0n) is 9.86. The van der Waals surface area contributed by atoms with E-state index in [0.717, 1.165) is 32.5 Å². The van der Waals surface area contributed by atoms with Gasteiger partial charge in [-0.2, -0.15) is 0 Å². The highest BCUT2D eigenvalue weighted by Gasteiger charge is 2.18. The van der Waals surface area contributed by atoms with E-state index in [1.807, 2.05) is 0 Å². The summed E-state index contributed by atoms with van der Waals surface area (Å²) >= 11 is 0. The Morgan fingerprint density at radius 3 is 2.75 bits per heavy atom. The van der Waals surface area contributed by atoms with E-state index in [0.29, 0.717) is 6.04 Å². The van der Waals surface area contributed by atoms with Gasteiger partial charge in [-0.1, -0.05) is 31.2 Å². The van der Waals surface area contributed by atoms with Crippen LogP contribution in [0, 0.1) is 0 Å². The maximum Gasteiger partial charge on any atom is 0.0234 e. The van der Waals surface area contributed by atoms with Crippen molar-refractivity contribution in [2.75, 3.05) is 13.1 Å². The molecule has 2 N–H and O–H groups in total. The van der Waals surface area contributed by atoms with Crippen LogP contribution in [-0.2, 0) is 13.0 Å². The van der Waals surface area contributed by atoms with Crippen LogP contribution in [0.15, 0.2) is 24.3 Å². The van der Waals surface area contributed by atoms with Gasteiger partial charge < -0.3 is 5.73 Å². The van der Waals surface area contributed by atoms with E-state index < -0.39 is 0 Å². The molecule has 1 atom stereocenters. The van der Waals surface area contributed by atoms with Crippen LogP contribution < -0.4 is 5.73 Å². The summed E-state index contributed by atoms with van der Waals surface area (Å²) in [4.78, 5) is 2.44. The van der Waals surface area contributed by atoms with Gasteiger partial charge >= 0.3 is 0 Å². The Bertz CT molecular complexity index is 327. The molecule has 0 aromatic heterocycles. The van der Waals surface area contributed by atoms with Gasteiger partial charge in [0, 0.05) is 25.7 Å². The van der Waals surface area contributed by atoms with Gasteiger partial charge in [-0.25, -0.2) is 0 Å². The van der Waals surface area contributed by atoms with Crippen LogP contribution >= 0.6 is 12.4 Å². The predicted octanol–water partition coefficient (Wildman–Crippen LogP) is 2.20. The first-order valence-electron chi connectivity index (χ1n) is 5.83. The van der Waals surface area contributed by atoms with E-state index >= 15 is 0 Å². The molecule has 0 spiro atoms. The lowest BCUT2D eigenvalue weighted by Gasteiger charge is -2.15. The number of likely N-dealkylation sites (tertiary alicyclic amines) is 1. The fourth-order valence-electron chi connectivity index (χ4n) is 2.21. The third-order valence-corrected chi connectivity index (χ3v) is 3.11. The van der Waals surface area contributed by atoms with Crippen LogP contribution in [0.2, 0.25) is 0 Å². The molecule has 1 fully saturated rings. The van der Waals surface area contributed by atoms with Gasteiger partial charge in [-0.3, -0.25) is 4.90 Å². The van der Waals surface area contributed by atoms with Crippen LogP contribution in [-0.4, -0.2) is 24.0 Å². The lowest BCUT2D eigenvalue weighted by molar-refractivity contribution is 0.327. The van der Waals surface area contributed by atoms with Crippen molar-refractivity contribution in [3.63, 3.8) is 0 Å². The summed E-state index contributed by atoms with van der Waals surface area (Å²) in [5, 5.41) is 0. The average Bonchev–Trinajstić information content (AvgIpc) is 2.64. The molecule has 0 amide bonds. The van der Waals surface area contributed by atoms with Gasteiger partial charge in [0.1, 0.15) is 0 Å². The molecule has 0 saturated carbocycles. The molecule has 3 heteroatoms. The molecule has 1 unspecified atom stereocenters. The van der Waals surface area contributed by atoms with E-state index in [4.69, 9.17) is 5.73 Å². The summed E-state index contributed by atoms with van der Waals surface area (Å²) in [6, 6.07) is 9.26. The van der Waals surface area contributed by atoms with Crippen LogP contribution in [0.3, 0.4) is 0 Å². The summed E-state index contributed by atoms with van der Waals surface area (Å²) in [6.45, 7) is 5.46. The van der Waals surface area contributed by atoms with Gasteiger partial charge in [0.25, 0.3) is 0 Å². The number of halogens is 1. The highest BCUT2D eigenvalue weighted by atomic mass is 35.5. The lowest BCUT2D eigenvalue weighted by Crippen LogP contribution is -2.26. The normalized spacial score (nSPS) is 20.8. The molecule has 2 nitrogen and oxygen atoms in total. The number of nitrogens with two attached hydrogens (primary N) is 1. The van der Waals surface area contributed by atoms with Gasteiger partial charge in [-0.05, 0) is 24.0 Å². The maximum atomic E-state index is 5.89. The second kappa shape index (κ2) is 6.24. The summed E-state index contributed by atoms with van der Waals surface area (Å²) in [7, 11) is 0. The largest absolute Gasteiger partial charge is 0.326 e. The first-order chi connectivity index (χ1) is 7.28. The van der Waals surface area contributed by atoms with E-state index in [1.54, 1.807) is 0 Å². The summed E-state index contributed by atoms with van der Waals surface area (Å²) in [5.74, 6) is 0. The highest BCUT2D eigenvalue weighted by molar-refractivity contribution is 5.85. The Morgan fingerprint density at radius 2 is 2.12 bits per heavy atom. The first-order valence-corrected chi connectivity index (χ1v) is 5.83. The highest BCUT2D eigenvalue weighted by Crippen LogP contribution is 2.13. The Kier molecular flexibility index (Phi) is 5.26. The second-order valence-electron chi connectivity index (χ2n) is 4.46. The molecule has 16 heavy (non-hydrogen) atoms. The van der Waals surface area contributed by atoms with Gasteiger partial charge in [0.05, 0.1) is 0 Å². The molecule has 0 bridgehead atoms. The molecule has 2 rings (SSSR count). The fourth-order valence-corrected chi connectivity index (χ4v) is 2.21. The molecule has 1 aromatic rings. The van der Waals surface area contributed by atoms with Gasteiger partial charge in [0.2, 0.25) is 0 Å². The second-order valence-corrected chi connectivity index (χ2v) is 4.46. The third-order valence-electron chi connectivity index (χ3n) is 3.11. The van der Waals surface area contributed by atoms with Crippen LogP contribution in [0.4, 0.5) is 0 Å². The molecule has 0 radical (unpaired) electrons. The minimum absolute atomic E-state index is 0. The van der Waals surface area contributed by atoms with E-state index in [2.05, 4.69) is 36.1 Å². The molecule has 90 valence electrons. The number of nitrogens with zero attached hydrogens (tertiary/aromatic N) is 1. The molecule has 1 aromatic carbocycles. The minimum atomic E-state index is 0. The SMILES string of the molecule is CCc1cccc(CN2CCC(N)C2)c1.Cl. The van der Waals surface area contributed by atoms with Crippen molar-refractivity contribution < 1.29 is 0 Å². The number of benzene rings is 1. The van der Waals surface area contributed by atoms with Crippen molar-refractivity contribution in [1.82, 2.24) is 4.90 Å². The fraction of sp³-hybridized carbons (Fsp3) is 0.538.